The molecule has 5 heteroatoms. The number of hydrogen-bond acceptors (Lipinski definition) is 3. The van der Waals surface area contributed by atoms with Gasteiger partial charge in [-0.1, -0.05) is 13.8 Å². The molecule has 0 saturated carbocycles. The highest BCUT2D eigenvalue weighted by atomic mass is 16.5. The summed E-state index contributed by atoms with van der Waals surface area (Å²) < 4.78 is 5.00. The zero-order valence-corrected chi connectivity index (χ0v) is 10.5. The molecule has 1 aliphatic rings. The number of urea groups is 1. The van der Waals surface area contributed by atoms with Gasteiger partial charge in [-0.2, -0.15) is 4.99 Å². The van der Waals surface area contributed by atoms with E-state index in [0.29, 0.717) is 24.9 Å². The number of amidine groups is 1. The molecule has 0 bridgehead atoms. The van der Waals surface area contributed by atoms with Gasteiger partial charge in [-0.3, -0.25) is 0 Å². The summed E-state index contributed by atoms with van der Waals surface area (Å²) in [5, 5.41) is 0. The van der Waals surface area contributed by atoms with E-state index >= 15 is 0 Å². The maximum Gasteiger partial charge on any atom is 0.346 e. The minimum absolute atomic E-state index is 0.252. The Hall–Kier alpha value is -1.10. The number of nitrogens with zero attached hydrogens (tertiary/aromatic N) is 2. The number of hydrogen-bond donors (Lipinski definition) is 1. The first-order chi connectivity index (χ1) is 7.41. The Kier molecular flexibility index (Phi) is 3.91. The topological polar surface area (TPSA) is 67.9 Å². The van der Waals surface area contributed by atoms with Gasteiger partial charge in [0.15, 0.2) is 0 Å². The molecule has 1 aliphatic heterocycles. The fraction of sp³-hybridized carbons (Fsp3) is 0.818. The van der Waals surface area contributed by atoms with Crippen molar-refractivity contribution in [3.05, 3.63) is 0 Å². The molecule has 2 amide bonds. The number of carbonyl (C=O) groups is 1. The van der Waals surface area contributed by atoms with E-state index in [4.69, 9.17) is 10.5 Å². The standard InChI is InChI=1S/C11H21N3O2/c1-8(2)7-11(3)9(12)13-10(15)14(11)5-6-16-4/h8H,5-7H2,1-4H3,(H2,12,13,15). The fourth-order valence-electron chi connectivity index (χ4n) is 2.17. The third-order valence-electron chi connectivity index (χ3n) is 2.92. The van der Waals surface area contributed by atoms with E-state index in [9.17, 15) is 4.79 Å². The van der Waals surface area contributed by atoms with E-state index < -0.39 is 5.54 Å². The zero-order chi connectivity index (χ0) is 12.3. The minimum Gasteiger partial charge on any atom is -0.385 e. The summed E-state index contributed by atoms with van der Waals surface area (Å²) in [5.74, 6) is 0.872. The van der Waals surface area contributed by atoms with Crippen LogP contribution in [0.1, 0.15) is 27.2 Å². The molecule has 16 heavy (non-hydrogen) atoms. The van der Waals surface area contributed by atoms with Crippen molar-refractivity contribution in [2.24, 2.45) is 16.6 Å². The Morgan fingerprint density at radius 3 is 2.69 bits per heavy atom. The normalized spacial score (nSPS) is 25.4. The highest BCUT2D eigenvalue weighted by Gasteiger charge is 2.44. The van der Waals surface area contributed by atoms with E-state index in [1.807, 2.05) is 6.92 Å². The molecular formula is C11H21N3O2. The summed E-state index contributed by atoms with van der Waals surface area (Å²) in [6.07, 6.45) is 0.817. The monoisotopic (exact) mass is 227 g/mol. The van der Waals surface area contributed by atoms with Crippen molar-refractivity contribution in [3.63, 3.8) is 0 Å². The molecule has 0 aromatic carbocycles. The van der Waals surface area contributed by atoms with E-state index in [0.717, 1.165) is 6.42 Å². The number of ether oxygens (including phenoxy) is 1. The lowest BCUT2D eigenvalue weighted by Gasteiger charge is -2.35. The maximum atomic E-state index is 11.7. The number of aliphatic imine (C=N–C) groups is 1. The molecule has 1 heterocycles. The smallest absolute Gasteiger partial charge is 0.346 e. The number of rotatable bonds is 5. The van der Waals surface area contributed by atoms with Crippen LogP contribution in [0.25, 0.3) is 0 Å². The van der Waals surface area contributed by atoms with E-state index in [1.165, 1.54) is 0 Å². The summed E-state index contributed by atoms with van der Waals surface area (Å²) >= 11 is 0. The number of nitrogens with two attached hydrogens (primary N) is 1. The summed E-state index contributed by atoms with van der Waals surface area (Å²) in [6, 6.07) is -0.252. The lowest BCUT2D eigenvalue weighted by atomic mass is 9.89. The molecule has 92 valence electrons. The van der Waals surface area contributed by atoms with Crippen LogP contribution in [-0.4, -0.2) is 42.6 Å². The molecule has 0 aromatic heterocycles. The van der Waals surface area contributed by atoms with Crippen molar-refractivity contribution in [1.82, 2.24) is 4.90 Å². The maximum absolute atomic E-state index is 11.7. The second-order valence-corrected chi connectivity index (χ2v) is 4.80. The first kappa shape index (κ1) is 13.0. The van der Waals surface area contributed by atoms with Gasteiger partial charge in [-0.05, 0) is 19.3 Å². The second-order valence-electron chi connectivity index (χ2n) is 4.80. The molecular weight excluding hydrogens is 206 g/mol. The van der Waals surface area contributed by atoms with Crippen molar-refractivity contribution in [2.75, 3.05) is 20.3 Å². The highest BCUT2D eigenvalue weighted by molar-refractivity contribution is 6.05. The summed E-state index contributed by atoms with van der Waals surface area (Å²) in [5.41, 5.74) is 5.41. The van der Waals surface area contributed by atoms with Crippen molar-refractivity contribution < 1.29 is 9.53 Å². The predicted octanol–water partition coefficient (Wildman–Crippen LogP) is 1.23. The van der Waals surface area contributed by atoms with Crippen LogP contribution in [0, 0.1) is 5.92 Å². The molecule has 0 fully saturated rings. The quantitative estimate of drug-likeness (QED) is 0.768. The van der Waals surface area contributed by atoms with E-state index in [2.05, 4.69) is 18.8 Å². The summed E-state index contributed by atoms with van der Waals surface area (Å²) in [4.78, 5) is 17.2. The average molecular weight is 227 g/mol. The lowest BCUT2D eigenvalue weighted by molar-refractivity contribution is 0.120. The molecule has 1 unspecified atom stereocenters. The van der Waals surface area contributed by atoms with Crippen molar-refractivity contribution >= 4 is 11.9 Å². The van der Waals surface area contributed by atoms with Gasteiger partial charge >= 0.3 is 6.03 Å². The molecule has 1 rings (SSSR count). The minimum atomic E-state index is -0.455. The van der Waals surface area contributed by atoms with Crippen LogP contribution >= 0.6 is 0 Å². The fourth-order valence-corrected chi connectivity index (χ4v) is 2.17. The zero-order valence-electron chi connectivity index (χ0n) is 10.5. The van der Waals surface area contributed by atoms with Gasteiger partial charge in [-0.15, -0.1) is 0 Å². The lowest BCUT2D eigenvalue weighted by Crippen LogP contribution is -2.53. The van der Waals surface area contributed by atoms with Crippen LogP contribution in [0.2, 0.25) is 0 Å². The third-order valence-corrected chi connectivity index (χ3v) is 2.92. The second kappa shape index (κ2) is 4.82. The summed E-state index contributed by atoms with van der Waals surface area (Å²) in [6.45, 7) is 7.21. The first-order valence-corrected chi connectivity index (χ1v) is 5.57. The number of methoxy groups -OCH3 is 1. The molecule has 1 atom stereocenters. The van der Waals surface area contributed by atoms with Gasteiger partial charge in [0.2, 0.25) is 0 Å². The molecule has 0 spiro atoms. The van der Waals surface area contributed by atoms with Gasteiger partial charge in [0.05, 0.1) is 12.1 Å². The number of amides is 2. The Balaban J connectivity index is 2.84. The molecule has 2 N–H and O–H groups in total. The van der Waals surface area contributed by atoms with Gasteiger partial charge in [0.25, 0.3) is 0 Å². The predicted molar refractivity (Wildman–Crippen MR) is 63.5 cm³/mol. The van der Waals surface area contributed by atoms with E-state index in [-0.39, 0.29) is 6.03 Å². The molecule has 5 nitrogen and oxygen atoms in total. The molecule has 0 radical (unpaired) electrons. The van der Waals surface area contributed by atoms with Crippen LogP contribution in [0.15, 0.2) is 4.99 Å². The van der Waals surface area contributed by atoms with Crippen molar-refractivity contribution in [2.45, 2.75) is 32.7 Å². The molecule has 0 aromatic rings. The Bertz CT molecular complexity index is 302. The molecule has 0 saturated heterocycles. The number of carbonyl (C=O) groups excluding carboxylic acids is 1. The van der Waals surface area contributed by atoms with Gasteiger partial charge in [-0.25, -0.2) is 4.79 Å². The van der Waals surface area contributed by atoms with Gasteiger partial charge in [0.1, 0.15) is 5.84 Å². The van der Waals surface area contributed by atoms with Gasteiger partial charge < -0.3 is 15.4 Å². The van der Waals surface area contributed by atoms with Gasteiger partial charge in [0, 0.05) is 13.7 Å². The van der Waals surface area contributed by atoms with E-state index in [1.54, 1.807) is 12.0 Å². The largest absolute Gasteiger partial charge is 0.385 e. The molecule has 0 aliphatic carbocycles. The van der Waals surface area contributed by atoms with Crippen LogP contribution in [-0.2, 0) is 4.74 Å². The Morgan fingerprint density at radius 1 is 1.56 bits per heavy atom. The average Bonchev–Trinajstić information content (AvgIpc) is 2.35. The van der Waals surface area contributed by atoms with Crippen molar-refractivity contribution in [1.29, 1.82) is 0 Å². The van der Waals surface area contributed by atoms with Crippen LogP contribution < -0.4 is 5.73 Å². The Morgan fingerprint density at radius 2 is 2.19 bits per heavy atom. The SMILES string of the molecule is COCCN1C(=O)N=C(N)C1(C)CC(C)C. The van der Waals surface area contributed by atoms with Crippen LogP contribution in [0.4, 0.5) is 4.79 Å². The first-order valence-electron chi connectivity index (χ1n) is 5.57. The van der Waals surface area contributed by atoms with Crippen LogP contribution in [0.3, 0.4) is 0 Å². The third kappa shape index (κ3) is 2.35. The van der Waals surface area contributed by atoms with Crippen LogP contribution in [0.5, 0.6) is 0 Å². The highest BCUT2D eigenvalue weighted by Crippen LogP contribution is 2.29. The Labute approximate surface area is 96.7 Å². The van der Waals surface area contributed by atoms with Crippen molar-refractivity contribution in [3.8, 4) is 0 Å². The summed E-state index contributed by atoms with van der Waals surface area (Å²) in [7, 11) is 1.62.